The molecule has 1 N–H and O–H groups in total. The van der Waals surface area contributed by atoms with Gasteiger partial charge in [0.2, 0.25) is 5.91 Å². The average molecular weight is 290 g/mol. The summed E-state index contributed by atoms with van der Waals surface area (Å²) in [5, 5.41) is 9.48. The Balaban J connectivity index is 2.05. The van der Waals surface area contributed by atoms with E-state index >= 15 is 0 Å². The Bertz CT molecular complexity index is 544. The zero-order chi connectivity index (χ0) is 15.5. The Kier molecular flexibility index (Phi) is 4.60. The van der Waals surface area contributed by atoms with Crippen molar-refractivity contribution in [2.45, 2.75) is 39.5 Å². The van der Waals surface area contributed by atoms with Crippen LogP contribution in [0.3, 0.4) is 0 Å². The highest BCUT2D eigenvalue weighted by Gasteiger charge is 2.45. The van der Waals surface area contributed by atoms with E-state index in [1.807, 2.05) is 26.0 Å². The second-order valence-corrected chi connectivity index (χ2v) is 5.84. The predicted octanol–water partition coefficient (Wildman–Crippen LogP) is 2.04. The monoisotopic (exact) mass is 290 g/mol. The molecule has 1 aromatic heterocycles. The lowest BCUT2D eigenvalue weighted by atomic mass is 9.83. The Morgan fingerprint density at radius 2 is 2.24 bits per heavy atom. The molecular weight excluding hydrogens is 268 g/mol. The van der Waals surface area contributed by atoms with Crippen LogP contribution < -0.4 is 0 Å². The number of pyridine rings is 1. The molecule has 1 atom stereocenters. The number of aliphatic carboxylic acids is 1. The average Bonchev–Trinajstić information content (AvgIpc) is 2.87. The van der Waals surface area contributed by atoms with Crippen LogP contribution in [0.1, 0.15) is 37.4 Å². The number of carboxylic acids is 1. The summed E-state index contributed by atoms with van der Waals surface area (Å²) in [7, 11) is 0. The van der Waals surface area contributed by atoms with E-state index in [2.05, 4.69) is 4.98 Å². The zero-order valence-electron chi connectivity index (χ0n) is 12.6. The molecule has 2 heterocycles. The number of carbonyl (C=O) groups excluding carboxylic acids is 1. The van der Waals surface area contributed by atoms with Crippen molar-refractivity contribution >= 4 is 11.9 Å². The van der Waals surface area contributed by atoms with Gasteiger partial charge in [-0.3, -0.25) is 14.6 Å². The van der Waals surface area contributed by atoms with E-state index in [9.17, 15) is 14.7 Å². The van der Waals surface area contributed by atoms with Crippen molar-refractivity contribution in [2.24, 2.45) is 5.41 Å². The van der Waals surface area contributed by atoms with Crippen molar-refractivity contribution in [1.82, 2.24) is 9.88 Å². The molecule has 1 amide bonds. The largest absolute Gasteiger partial charge is 0.481 e. The molecule has 114 valence electrons. The number of hydrogen-bond donors (Lipinski definition) is 1. The third-order valence-electron chi connectivity index (χ3n) is 4.33. The van der Waals surface area contributed by atoms with Gasteiger partial charge < -0.3 is 10.0 Å². The summed E-state index contributed by atoms with van der Waals surface area (Å²) in [6, 6.07) is 3.77. The Morgan fingerprint density at radius 1 is 1.48 bits per heavy atom. The quantitative estimate of drug-likeness (QED) is 0.901. The molecule has 0 bridgehead atoms. The van der Waals surface area contributed by atoms with Gasteiger partial charge in [-0.15, -0.1) is 0 Å². The van der Waals surface area contributed by atoms with Crippen LogP contribution >= 0.6 is 0 Å². The van der Waals surface area contributed by atoms with Crippen LogP contribution in [0.5, 0.6) is 0 Å². The van der Waals surface area contributed by atoms with E-state index in [-0.39, 0.29) is 12.3 Å². The van der Waals surface area contributed by atoms with Gasteiger partial charge in [0.1, 0.15) is 0 Å². The molecule has 2 rings (SSSR count). The van der Waals surface area contributed by atoms with Gasteiger partial charge in [0.05, 0.1) is 17.5 Å². The van der Waals surface area contributed by atoms with Crippen LogP contribution in [0.15, 0.2) is 18.3 Å². The molecule has 1 fully saturated rings. The van der Waals surface area contributed by atoms with Crippen molar-refractivity contribution in [1.29, 1.82) is 0 Å². The molecule has 0 saturated carbocycles. The maximum Gasteiger partial charge on any atom is 0.311 e. The van der Waals surface area contributed by atoms with Crippen LogP contribution in [-0.4, -0.2) is 40.0 Å². The van der Waals surface area contributed by atoms with Crippen molar-refractivity contribution in [3.8, 4) is 0 Å². The Labute approximate surface area is 125 Å². The maximum atomic E-state index is 12.4. The first-order chi connectivity index (χ1) is 9.98. The molecule has 5 heteroatoms. The highest BCUT2D eigenvalue weighted by molar-refractivity contribution is 5.82. The van der Waals surface area contributed by atoms with Gasteiger partial charge in [-0.2, -0.15) is 0 Å². The summed E-state index contributed by atoms with van der Waals surface area (Å²) < 4.78 is 0. The number of aryl methyl sites for hydroxylation is 1. The number of nitrogens with zero attached hydrogens (tertiary/aromatic N) is 2. The first kappa shape index (κ1) is 15.5. The van der Waals surface area contributed by atoms with Crippen molar-refractivity contribution in [2.75, 3.05) is 13.1 Å². The Morgan fingerprint density at radius 3 is 2.86 bits per heavy atom. The standard InChI is InChI=1S/C16H22N2O3/c1-3-6-16(15(20)21)7-9-18(11-16)14(19)10-13-12(2)5-4-8-17-13/h4-5,8H,3,6-7,9-11H2,1-2H3,(H,20,21). The van der Waals surface area contributed by atoms with E-state index in [1.54, 1.807) is 11.1 Å². The van der Waals surface area contributed by atoms with Gasteiger partial charge in [-0.25, -0.2) is 0 Å². The highest BCUT2D eigenvalue weighted by Crippen LogP contribution is 2.35. The molecule has 0 aliphatic carbocycles. The molecular formula is C16H22N2O3. The summed E-state index contributed by atoms with van der Waals surface area (Å²) in [6.45, 7) is 4.75. The summed E-state index contributed by atoms with van der Waals surface area (Å²) in [5.74, 6) is -0.815. The molecule has 21 heavy (non-hydrogen) atoms. The normalized spacial score (nSPS) is 21.5. The molecule has 0 spiro atoms. The van der Waals surface area contributed by atoms with Crippen molar-refractivity contribution in [3.63, 3.8) is 0 Å². The number of hydrogen-bond acceptors (Lipinski definition) is 3. The number of likely N-dealkylation sites (tertiary alicyclic amines) is 1. The smallest absolute Gasteiger partial charge is 0.311 e. The van der Waals surface area contributed by atoms with Crippen molar-refractivity contribution < 1.29 is 14.7 Å². The molecule has 1 saturated heterocycles. The third-order valence-corrected chi connectivity index (χ3v) is 4.33. The van der Waals surface area contributed by atoms with E-state index in [1.165, 1.54) is 0 Å². The lowest BCUT2D eigenvalue weighted by Gasteiger charge is -2.24. The molecule has 5 nitrogen and oxygen atoms in total. The summed E-state index contributed by atoms with van der Waals surface area (Å²) >= 11 is 0. The summed E-state index contributed by atoms with van der Waals surface area (Å²) in [6.07, 6.45) is 3.90. The van der Waals surface area contributed by atoms with Gasteiger partial charge in [-0.05, 0) is 31.4 Å². The van der Waals surface area contributed by atoms with E-state index in [0.717, 1.165) is 17.7 Å². The van der Waals surface area contributed by atoms with E-state index in [4.69, 9.17) is 0 Å². The lowest BCUT2D eigenvalue weighted by molar-refractivity contribution is -0.149. The van der Waals surface area contributed by atoms with Gasteiger partial charge in [-0.1, -0.05) is 19.4 Å². The fourth-order valence-electron chi connectivity index (χ4n) is 3.01. The third kappa shape index (κ3) is 3.23. The molecule has 1 aliphatic rings. The minimum absolute atomic E-state index is 0.0315. The molecule has 1 unspecified atom stereocenters. The zero-order valence-corrected chi connectivity index (χ0v) is 12.6. The fraction of sp³-hybridized carbons (Fsp3) is 0.562. The van der Waals surface area contributed by atoms with Crippen LogP contribution in [0.25, 0.3) is 0 Å². The summed E-state index contributed by atoms with van der Waals surface area (Å²) in [5.41, 5.74) is 0.998. The van der Waals surface area contributed by atoms with Gasteiger partial charge in [0.25, 0.3) is 0 Å². The van der Waals surface area contributed by atoms with E-state index in [0.29, 0.717) is 25.9 Å². The molecule has 0 radical (unpaired) electrons. The fourth-order valence-corrected chi connectivity index (χ4v) is 3.01. The Hall–Kier alpha value is -1.91. The first-order valence-corrected chi connectivity index (χ1v) is 7.40. The second kappa shape index (κ2) is 6.24. The molecule has 1 aliphatic heterocycles. The van der Waals surface area contributed by atoms with Gasteiger partial charge in [0.15, 0.2) is 0 Å². The minimum atomic E-state index is -0.784. The number of amides is 1. The summed E-state index contributed by atoms with van der Waals surface area (Å²) in [4.78, 5) is 29.8. The number of carbonyl (C=O) groups is 2. The second-order valence-electron chi connectivity index (χ2n) is 5.84. The van der Waals surface area contributed by atoms with Crippen LogP contribution in [-0.2, 0) is 16.0 Å². The molecule has 1 aromatic rings. The molecule has 0 aromatic carbocycles. The van der Waals surface area contributed by atoms with Crippen LogP contribution in [0, 0.1) is 12.3 Å². The lowest BCUT2D eigenvalue weighted by Crippen LogP contribution is -2.37. The van der Waals surface area contributed by atoms with Crippen molar-refractivity contribution in [3.05, 3.63) is 29.6 Å². The minimum Gasteiger partial charge on any atom is -0.481 e. The maximum absolute atomic E-state index is 12.4. The SMILES string of the molecule is CCCC1(C(=O)O)CCN(C(=O)Cc2ncccc2C)C1. The number of carboxylic acid groups (broad SMARTS) is 1. The highest BCUT2D eigenvalue weighted by atomic mass is 16.4. The van der Waals surface area contributed by atoms with Gasteiger partial charge in [0, 0.05) is 19.3 Å². The topological polar surface area (TPSA) is 70.5 Å². The number of aromatic nitrogens is 1. The van der Waals surface area contributed by atoms with Crippen LogP contribution in [0.4, 0.5) is 0 Å². The first-order valence-electron chi connectivity index (χ1n) is 7.40. The van der Waals surface area contributed by atoms with Crippen LogP contribution in [0.2, 0.25) is 0 Å². The van der Waals surface area contributed by atoms with Gasteiger partial charge >= 0.3 is 5.97 Å². The van der Waals surface area contributed by atoms with E-state index < -0.39 is 11.4 Å². The number of rotatable bonds is 5. The predicted molar refractivity (Wildman–Crippen MR) is 78.9 cm³/mol.